The average Bonchev–Trinajstić information content (AvgIpc) is 3.71. The van der Waals surface area contributed by atoms with Crippen molar-refractivity contribution in [3.8, 4) is 10.7 Å². The van der Waals surface area contributed by atoms with E-state index in [0.717, 1.165) is 28.0 Å². The van der Waals surface area contributed by atoms with Gasteiger partial charge in [-0.05, 0) is 74.7 Å². The molecule has 9 heteroatoms. The van der Waals surface area contributed by atoms with E-state index in [4.69, 9.17) is 4.98 Å². The Bertz CT molecular complexity index is 1640. The highest BCUT2D eigenvalue weighted by molar-refractivity contribution is 7.94. The number of anilines is 1. The number of pyridine rings is 1. The number of sulfonamides is 1. The molecule has 0 radical (unpaired) electrons. The molecule has 0 amide bonds. The van der Waals surface area contributed by atoms with Crippen molar-refractivity contribution >= 4 is 49.3 Å². The minimum absolute atomic E-state index is 0.246. The Morgan fingerprint density at radius 1 is 1.08 bits per heavy atom. The maximum absolute atomic E-state index is 13.6. The Hall–Kier alpha value is -3.01. The molecule has 1 aliphatic carbocycles. The summed E-state index contributed by atoms with van der Waals surface area (Å²) in [5.74, 6) is 1.08. The van der Waals surface area contributed by atoms with Crippen LogP contribution < -0.4 is 4.31 Å². The van der Waals surface area contributed by atoms with E-state index in [1.165, 1.54) is 45.5 Å². The van der Waals surface area contributed by atoms with Gasteiger partial charge in [-0.1, -0.05) is 30.7 Å². The molecule has 0 aliphatic heterocycles. The molecule has 1 fully saturated rings. The third kappa shape index (κ3) is 4.67. The Morgan fingerprint density at radius 2 is 1.97 bits per heavy atom. The van der Waals surface area contributed by atoms with Crippen molar-refractivity contribution in [1.29, 1.82) is 0 Å². The van der Waals surface area contributed by atoms with E-state index < -0.39 is 10.0 Å². The molecule has 5 aromatic rings. The van der Waals surface area contributed by atoms with E-state index in [0.29, 0.717) is 21.7 Å². The summed E-state index contributed by atoms with van der Waals surface area (Å²) in [6.45, 7) is 3.81. The van der Waals surface area contributed by atoms with E-state index >= 15 is 0 Å². The molecule has 1 aliphatic rings. The minimum Gasteiger partial charge on any atom is -0.351 e. The van der Waals surface area contributed by atoms with Crippen LogP contribution in [0.5, 0.6) is 0 Å². The predicted molar refractivity (Wildman–Crippen MR) is 157 cm³/mol. The number of benzene rings is 1. The number of hydrogen-bond donors (Lipinski definition) is 1. The molecular formula is C29H30N4O2S3. The lowest BCUT2D eigenvalue weighted by Gasteiger charge is -2.28. The van der Waals surface area contributed by atoms with Crippen LogP contribution in [0.4, 0.5) is 5.69 Å². The van der Waals surface area contributed by atoms with Gasteiger partial charge in [0, 0.05) is 40.3 Å². The summed E-state index contributed by atoms with van der Waals surface area (Å²) in [4.78, 5) is 14.2. The van der Waals surface area contributed by atoms with Gasteiger partial charge in [0.2, 0.25) is 0 Å². The molecule has 2 atom stereocenters. The molecule has 1 aromatic carbocycles. The van der Waals surface area contributed by atoms with Crippen molar-refractivity contribution < 1.29 is 8.42 Å². The summed E-state index contributed by atoms with van der Waals surface area (Å²) in [6, 6.07) is 17.3. The lowest BCUT2D eigenvalue weighted by molar-refractivity contribution is 0.477. The molecule has 6 rings (SSSR count). The first-order valence-electron chi connectivity index (χ1n) is 13.0. The monoisotopic (exact) mass is 562 g/mol. The topological polar surface area (TPSA) is 79.0 Å². The number of thiophene rings is 1. The number of aromatic amines is 1. The zero-order chi connectivity index (χ0) is 26.3. The number of H-pyrrole nitrogens is 1. The van der Waals surface area contributed by atoms with Crippen LogP contribution in [0.25, 0.3) is 21.6 Å². The summed E-state index contributed by atoms with van der Waals surface area (Å²) in [6.07, 6.45) is 8.55. The van der Waals surface area contributed by atoms with Gasteiger partial charge < -0.3 is 4.98 Å². The number of thiazole rings is 1. The fourth-order valence-electron chi connectivity index (χ4n) is 5.68. The van der Waals surface area contributed by atoms with Gasteiger partial charge in [0.1, 0.15) is 9.22 Å². The van der Waals surface area contributed by atoms with Crippen LogP contribution in [0.3, 0.4) is 0 Å². The van der Waals surface area contributed by atoms with Crippen LogP contribution >= 0.6 is 22.7 Å². The number of hydrogen-bond acceptors (Lipinski definition) is 6. The van der Waals surface area contributed by atoms with Crippen molar-refractivity contribution in [2.75, 3.05) is 4.31 Å². The summed E-state index contributed by atoms with van der Waals surface area (Å²) in [5, 5.41) is 3.68. The third-order valence-electron chi connectivity index (χ3n) is 7.32. The van der Waals surface area contributed by atoms with Crippen LogP contribution in [0, 0.1) is 5.92 Å². The lowest BCUT2D eigenvalue weighted by atomic mass is 9.89. The Morgan fingerprint density at radius 3 is 2.74 bits per heavy atom. The first kappa shape index (κ1) is 25.3. The van der Waals surface area contributed by atoms with E-state index in [-0.39, 0.29) is 6.04 Å². The summed E-state index contributed by atoms with van der Waals surface area (Å²) >= 11 is 2.96. The van der Waals surface area contributed by atoms with E-state index in [2.05, 4.69) is 28.2 Å². The smallest absolute Gasteiger partial charge is 0.274 e. The summed E-state index contributed by atoms with van der Waals surface area (Å²) in [5.41, 5.74) is 3.57. The Labute approximate surface area is 231 Å². The number of para-hydroxylation sites is 1. The quantitative estimate of drug-likeness (QED) is 0.213. The average molecular weight is 563 g/mol. The molecule has 2 unspecified atom stereocenters. The molecule has 4 aromatic heterocycles. The second kappa shape index (κ2) is 10.3. The van der Waals surface area contributed by atoms with Gasteiger partial charge in [-0.3, -0.25) is 9.29 Å². The molecular weight excluding hydrogens is 533 g/mol. The number of aromatic nitrogens is 3. The summed E-state index contributed by atoms with van der Waals surface area (Å²) < 4.78 is 29.0. The zero-order valence-corrected chi connectivity index (χ0v) is 23.8. The fourth-order valence-corrected chi connectivity index (χ4v) is 9.41. The van der Waals surface area contributed by atoms with Gasteiger partial charge >= 0.3 is 0 Å². The molecule has 0 saturated heterocycles. The van der Waals surface area contributed by atoms with Crippen molar-refractivity contribution in [2.45, 2.75) is 55.7 Å². The van der Waals surface area contributed by atoms with Crippen molar-refractivity contribution in [3.05, 3.63) is 82.9 Å². The molecule has 4 heterocycles. The minimum atomic E-state index is -3.68. The van der Waals surface area contributed by atoms with Gasteiger partial charge in [0.25, 0.3) is 10.0 Å². The van der Waals surface area contributed by atoms with Gasteiger partial charge in [-0.2, -0.15) is 0 Å². The Balaban J connectivity index is 1.30. The van der Waals surface area contributed by atoms with E-state index in [1.807, 2.05) is 50.5 Å². The SMILES string of the molecule is CC(C)N(c1cccc2cc(-c3ncc(CC4CCCC4c4ccccn4)s3)[nH]c12)S(=O)(=O)c1cccs1. The van der Waals surface area contributed by atoms with Crippen LogP contribution in [0.1, 0.15) is 49.6 Å². The van der Waals surface area contributed by atoms with Crippen LogP contribution in [0.2, 0.25) is 0 Å². The summed E-state index contributed by atoms with van der Waals surface area (Å²) in [7, 11) is -3.68. The molecule has 1 N–H and O–H groups in total. The van der Waals surface area contributed by atoms with Crippen LogP contribution in [0.15, 0.2) is 76.6 Å². The van der Waals surface area contributed by atoms with Crippen LogP contribution in [-0.4, -0.2) is 29.4 Å². The van der Waals surface area contributed by atoms with Crippen molar-refractivity contribution in [1.82, 2.24) is 15.0 Å². The molecule has 38 heavy (non-hydrogen) atoms. The maximum atomic E-state index is 13.6. The second-order valence-electron chi connectivity index (χ2n) is 10.1. The highest BCUT2D eigenvalue weighted by Gasteiger charge is 2.31. The van der Waals surface area contributed by atoms with Gasteiger partial charge in [0.05, 0.1) is 16.9 Å². The van der Waals surface area contributed by atoms with Gasteiger partial charge in [0.15, 0.2) is 0 Å². The normalized spacial score (nSPS) is 18.0. The van der Waals surface area contributed by atoms with Gasteiger partial charge in [-0.15, -0.1) is 22.7 Å². The number of nitrogens with zero attached hydrogens (tertiary/aromatic N) is 3. The first-order valence-corrected chi connectivity index (χ1v) is 16.1. The van der Waals surface area contributed by atoms with Crippen molar-refractivity contribution in [2.24, 2.45) is 5.92 Å². The van der Waals surface area contributed by atoms with E-state index in [1.54, 1.807) is 28.8 Å². The van der Waals surface area contributed by atoms with E-state index in [9.17, 15) is 8.42 Å². The lowest BCUT2D eigenvalue weighted by Crippen LogP contribution is -2.36. The molecule has 1 saturated carbocycles. The van der Waals surface area contributed by atoms with Crippen molar-refractivity contribution in [3.63, 3.8) is 0 Å². The largest absolute Gasteiger partial charge is 0.351 e. The molecule has 196 valence electrons. The molecule has 0 spiro atoms. The standard InChI is InChI=1S/C29H30N4O2S3/c1-19(2)33(38(34,35)27-13-7-15-36-27)26-12-6-9-21-17-25(32-28(21)26)29-31-18-22(37-29)16-20-8-5-10-23(20)24-11-3-4-14-30-24/h3-4,6-7,9,11-15,17-20,23,32H,5,8,10,16H2,1-2H3. The number of fused-ring (bicyclic) bond motifs is 1. The fraction of sp³-hybridized carbons (Fsp3) is 0.310. The predicted octanol–water partition coefficient (Wildman–Crippen LogP) is 7.48. The highest BCUT2D eigenvalue weighted by atomic mass is 32.2. The third-order valence-corrected chi connectivity index (χ3v) is 11.7. The maximum Gasteiger partial charge on any atom is 0.274 e. The highest BCUT2D eigenvalue weighted by Crippen LogP contribution is 2.42. The molecule has 6 nitrogen and oxygen atoms in total. The number of rotatable bonds is 8. The number of nitrogens with one attached hydrogen (secondary N) is 1. The van der Waals surface area contributed by atoms with Crippen LogP contribution in [-0.2, 0) is 16.4 Å². The first-order chi connectivity index (χ1) is 18.4. The zero-order valence-electron chi connectivity index (χ0n) is 21.4. The molecule has 0 bridgehead atoms. The Kier molecular flexibility index (Phi) is 6.84. The van der Waals surface area contributed by atoms with Gasteiger partial charge in [-0.25, -0.2) is 13.4 Å². The second-order valence-corrected chi connectivity index (χ2v) is 14.2.